The molecule has 0 fully saturated rings. The molecule has 12 heteroatoms. The van der Waals surface area contributed by atoms with Gasteiger partial charge in [-0.1, -0.05) is 43.3 Å². The lowest BCUT2D eigenvalue weighted by molar-refractivity contribution is -0.120. The number of nitrogens with two attached hydrogens (primary N) is 1. The molecule has 1 amide bonds. The van der Waals surface area contributed by atoms with Gasteiger partial charge in [-0.25, -0.2) is 4.98 Å². The number of rotatable bonds is 10. The van der Waals surface area contributed by atoms with Gasteiger partial charge in [0.1, 0.15) is 10.7 Å². The minimum Gasteiger partial charge on any atom is -0.493 e. The highest BCUT2D eigenvalue weighted by Crippen LogP contribution is 2.42. The summed E-state index contributed by atoms with van der Waals surface area (Å²) in [5.41, 5.74) is 9.20. The standard InChI is InChI=1S/C27H32N6O5S/c1-13(2)15(4)25(34)29-16-9-8-14(3)18(10-16)24-32-26(38-33-24)22-23(28)31-27(39-22)30-17-11-19(35-5)21(37-7)20(12-17)36-6/h8-13,15H,28H2,1-7H3,(H,29,34)(H,30,31)/t15-/m1/s1. The Bertz CT molecular complexity index is 1460. The van der Waals surface area contributed by atoms with E-state index in [2.05, 4.69) is 25.8 Å². The van der Waals surface area contributed by atoms with E-state index in [4.69, 9.17) is 24.5 Å². The molecule has 4 rings (SSSR count). The van der Waals surface area contributed by atoms with E-state index >= 15 is 0 Å². The number of hydrogen-bond acceptors (Lipinski definition) is 11. The second-order valence-corrected chi connectivity index (χ2v) is 10.2. The van der Waals surface area contributed by atoms with Gasteiger partial charge in [0, 0.05) is 35.0 Å². The van der Waals surface area contributed by atoms with Crippen LogP contribution >= 0.6 is 11.3 Å². The second kappa shape index (κ2) is 11.6. The number of nitrogen functional groups attached to an aromatic ring is 1. The van der Waals surface area contributed by atoms with E-state index in [0.29, 0.717) is 44.5 Å². The van der Waals surface area contributed by atoms with E-state index in [0.717, 1.165) is 11.1 Å². The maximum absolute atomic E-state index is 12.5. The van der Waals surface area contributed by atoms with Crippen LogP contribution in [0.1, 0.15) is 26.3 Å². The van der Waals surface area contributed by atoms with Gasteiger partial charge in [-0.2, -0.15) is 4.98 Å². The smallest absolute Gasteiger partial charge is 0.272 e. The fourth-order valence-electron chi connectivity index (χ4n) is 3.74. The lowest BCUT2D eigenvalue weighted by Crippen LogP contribution is -2.24. The number of anilines is 4. The third kappa shape index (κ3) is 5.90. The lowest BCUT2D eigenvalue weighted by atomic mass is 9.97. The Morgan fingerprint density at radius 1 is 1.00 bits per heavy atom. The number of amides is 1. The molecule has 0 aliphatic carbocycles. The average molecular weight is 553 g/mol. The first-order chi connectivity index (χ1) is 18.6. The van der Waals surface area contributed by atoms with Crippen molar-refractivity contribution in [3.05, 3.63) is 35.9 Å². The molecule has 2 aromatic carbocycles. The van der Waals surface area contributed by atoms with E-state index in [-0.39, 0.29) is 29.5 Å². The molecule has 0 saturated heterocycles. The van der Waals surface area contributed by atoms with Crippen LogP contribution in [0.5, 0.6) is 17.2 Å². The van der Waals surface area contributed by atoms with Gasteiger partial charge in [-0.15, -0.1) is 0 Å². The Hall–Kier alpha value is -4.32. The number of carbonyl (C=O) groups excluding carboxylic acids is 1. The zero-order valence-electron chi connectivity index (χ0n) is 22.9. The fourth-order valence-corrected chi connectivity index (χ4v) is 4.57. The Kier molecular flexibility index (Phi) is 8.24. The van der Waals surface area contributed by atoms with Gasteiger partial charge in [0.2, 0.25) is 17.5 Å². The van der Waals surface area contributed by atoms with Crippen LogP contribution in [-0.2, 0) is 4.79 Å². The quantitative estimate of drug-likeness (QED) is 0.222. The summed E-state index contributed by atoms with van der Waals surface area (Å²) in [6.07, 6.45) is 0. The SMILES string of the molecule is COc1cc(Nc2nc(N)c(-c3nc(-c4cc(NC(=O)[C@H](C)C(C)C)ccc4C)no3)s2)cc(OC)c1OC. The highest BCUT2D eigenvalue weighted by molar-refractivity contribution is 7.19. The number of carbonyl (C=O) groups is 1. The Morgan fingerprint density at radius 3 is 2.31 bits per heavy atom. The van der Waals surface area contributed by atoms with E-state index in [1.54, 1.807) is 33.5 Å². The molecule has 0 saturated carbocycles. The van der Waals surface area contributed by atoms with Crippen LogP contribution in [0.3, 0.4) is 0 Å². The molecule has 2 heterocycles. The summed E-state index contributed by atoms with van der Waals surface area (Å²) in [5, 5.41) is 10.9. The molecule has 0 radical (unpaired) electrons. The van der Waals surface area contributed by atoms with E-state index in [1.807, 2.05) is 45.9 Å². The monoisotopic (exact) mass is 552 g/mol. The number of ether oxygens (including phenoxy) is 3. The van der Waals surface area contributed by atoms with Crippen LogP contribution in [0, 0.1) is 18.8 Å². The highest BCUT2D eigenvalue weighted by Gasteiger charge is 2.21. The molecule has 0 bridgehead atoms. The molecule has 11 nitrogen and oxygen atoms in total. The van der Waals surface area contributed by atoms with Gasteiger partial charge < -0.3 is 35.1 Å². The Labute approximate surface area is 230 Å². The van der Waals surface area contributed by atoms with Crippen LogP contribution in [0.2, 0.25) is 0 Å². The van der Waals surface area contributed by atoms with Gasteiger partial charge >= 0.3 is 0 Å². The number of benzene rings is 2. The largest absolute Gasteiger partial charge is 0.493 e. The van der Waals surface area contributed by atoms with E-state index in [9.17, 15) is 4.79 Å². The van der Waals surface area contributed by atoms with Crippen molar-refractivity contribution in [2.24, 2.45) is 11.8 Å². The first-order valence-electron chi connectivity index (χ1n) is 12.2. The number of nitrogens with one attached hydrogen (secondary N) is 2. The predicted molar refractivity (Wildman–Crippen MR) is 152 cm³/mol. The van der Waals surface area contributed by atoms with Crippen molar-refractivity contribution in [2.75, 3.05) is 37.7 Å². The molecule has 1 atom stereocenters. The summed E-state index contributed by atoms with van der Waals surface area (Å²) < 4.78 is 21.8. The van der Waals surface area contributed by atoms with Crippen molar-refractivity contribution < 1.29 is 23.5 Å². The molecular formula is C27H32N6O5S. The summed E-state index contributed by atoms with van der Waals surface area (Å²) in [6.45, 7) is 7.88. The number of thiazole rings is 1. The minimum absolute atomic E-state index is 0.0434. The maximum atomic E-state index is 12.5. The normalized spacial score (nSPS) is 11.8. The van der Waals surface area contributed by atoms with Crippen molar-refractivity contribution in [1.82, 2.24) is 15.1 Å². The molecule has 206 valence electrons. The molecule has 39 heavy (non-hydrogen) atoms. The fraction of sp³-hybridized carbons (Fsp3) is 0.333. The van der Waals surface area contributed by atoms with Gasteiger partial charge in [0.25, 0.3) is 5.89 Å². The Balaban J connectivity index is 1.58. The Morgan fingerprint density at radius 2 is 1.69 bits per heavy atom. The third-order valence-corrected chi connectivity index (χ3v) is 7.32. The molecule has 4 N–H and O–H groups in total. The van der Waals surface area contributed by atoms with Crippen molar-refractivity contribution in [1.29, 1.82) is 0 Å². The lowest BCUT2D eigenvalue weighted by Gasteiger charge is -2.16. The summed E-state index contributed by atoms with van der Waals surface area (Å²) in [6, 6.07) is 9.12. The molecule has 0 unspecified atom stereocenters. The van der Waals surface area contributed by atoms with E-state index in [1.165, 1.54) is 11.3 Å². The minimum atomic E-state index is -0.122. The predicted octanol–water partition coefficient (Wildman–Crippen LogP) is 5.75. The first kappa shape index (κ1) is 27.7. The number of hydrogen-bond donors (Lipinski definition) is 3. The van der Waals surface area contributed by atoms with Gasteiger partial charge in [-0.3, -0.25) is 4.79 Å². The summed E-state index contributed by atoms with van der Waals surface area (Å²) >= 11 is 1.26. The number of aryl methyl sites for hydroxylation is 1. The van der Waals surface area contributed by atoms with Crippen molar-refractivity contribution in [2.45, 2.75) is 27.7 Å². The molecule has 0 aliphatic heterocycles. The third-order valence-electron chi connectivity index (χ3n) is 6.35. The zero-order valence-corrected chi connectivity index (χ0v) is 23.7. The van der Waals surface area contributed by atoms with Gasteiger partial charge in [0.05, 0.1) is 21.3 Å². The maximum Gasteiger partial charge on any atom is 0.272 e. The van der Waals surface area contributed by atoms with E-state index < -0.39 is 0 Å². The molecule has 2 aromatic heterocycles. The van der Waals surface area contributed by atoms with Crippen LogP contribution in [-0.4, -0.2) is 42.4 Å². The van der Waals surface area contributed by atoms with Crippen molar-refractivity contribution in [3.63, 3.8) is 0 Å². The van der Waals surface area contributed by atoms with Crippen molar-refractivity contribution in [3.8, 4) is 39.4 Å². The molecule has 0 spiro atoms. The summed E-state index contributed by atoms with van der Waals surface area (Å²) in [4.78, 5) is 22.0. The topological polar surface area (TPSA) is 147 Å². The highest BCUT2D eigenvalue weighted by atomic mass is 32.1. The average Bonchev–Trinajstić information content (AvgIpc) is 3.54. The molecule has 0 aliphatic rings. The summed E-state index contributed by atoms with van der Waals surface area (Å²) in [7, 11) is 4.64. The van der Waals surface area contributed by atoms with Crippen LogP contribution < -0.4 is 30.6 Å². The number of aromatic nitrogens is 3. The van der Waals surface area contributed by atoms with Crippen molar-refractivity contribution >= 4 is 39.6 Å². The molecule has 4 aromatic rings. The second-order valence-electron chi connectivity index (χ2n) is 9.25. The molecular weight excluding hydrogens is 520 g/mol. The summed E-state index contributed by atoms with van der Waals surface area (Å²) in [5.74, 6) is 2.40. The van der Waals surface area contributed by atoms with Gasteiger partial charge in [-0.05, 0) is 30.5 Å². The number of nitrogens with zero attached hydrogens (tertiary/aromatic N) is 3. The first-order valence-corrected chi connectivity index (χ1v) is 13.1. The van der Waals surface area contributed by atoms with Crippen LogP contribution in [0.4, 0.5) is 22.3 Å². The number of methoxy groups -OCH3 is 3. The van der Waals surface area contributed by atoms with Crippen LogP contribution in [0.25, 0.3) is 22.2 Å². The van der Waals surface area contributed by atoms with Gasteiger partial charge in [0.15, 0.2) is 16.6 Å². The zero-order chi connectivity index (χ0) is 28.3. The van der Waals surface area contributed by atoms with Crippen LogP contribution in [0.15, 0.2) is 34.9 Å².